The molecule has 1 rings (SSSR count). The normalized spacial score (nSPS) is 16.9. The number of nitrogens with two attached hydrogens (primary N) is 1. The zero-order chi connectivity index (χ0) is 11.6. The number of pyridine rings is 1. The van der Waals surface area contributed by atoms with Gasteiger partial charge in [-0.1, -0.05) is 6.08 Å². The van der Waals surface area contributed by atoms with Crippen LogP contribution in [0.2, 0.25) is 0 Å². The Bertz CT molecular complexity index is 380. The van der Waals surface area contributed by atoms with E-state index in [2.05, 4.69) is 27.5 Å². The molecule has 0 saturated heterocycles. The van der Waals surface area contributed by atoms with Gasteiger partial charge in [-0.05, 0) is 35.0 Å². The Hall–Kier alpha value is -0.810. The zero-order valence-corrected chi connectivity index (χ0v) is 9.76. The summed E-state index contributed by atoms with van der Waals surface area (Å²) in [6.45, 7) is 4.66. The molecule has 0 aliphatic heterocycles. The Morgan fingerprint density at radius 2 is 2.27 bits per heavy atom. The summed E-state index contributed by atoms with van der Waals surface area (Å²) in [5.41, 5.74) is 4.05. The third-order valence-corrected chi connectivity index (χ3v) is 2.54. The Morgan fingerprint density at radius 1 is 1.67 bits per heavy atom. The lowest BCUT2D eigenvalue weighted by Gasteiger charge is -2.26. The molecule has 0 aromatic carbocycles. The maximum Gasteiger partial charge on any atom is 0.146 e. The van der Waals surface area contributed by atoms with Crippen molar-refractivity contribution < 1.29 is 8.78 Å². The number of halogens is 3. The number of aromatic nitrogens is 1. The van der Waals surface area contributed by atoms with E-state index in [9.17, 15) is 8.78 Å². The average molecular weight is 277 g/mol. The van der Waals surface area contributed by atoms with Crippen molar-refractivity contribution in [1.82, 2.24) is 4.98 Å². The lowest BCUT2D eigenvalue weighted by atomic mass is 9.92. The first kappa shape index (κ1) is 12.3. The van der Waals surface area contributed by atoms with Gasteiger partial charge in [0.2, 0.25) is 0 Å². The lowest BCUT2D eigenvalue weighted by molar-refractivity contribution is 0.244. The van der Waals surface area contributed by atoms with Crippen LogP contribution >= 0.6 is 15.9 Å². The third-order valence-electron chi connectivity index (χ3n) is 2.10. The van der Waals surface area contributed by atoms with Crippen LogP contribution in [0.5, 0.6) is 0 Å². The van der Waals surface area contributed by atoms with E-state index in [1.165, 1.54) is 19.1 Å². The van der Waals surface area contributed by atoms with Crippen LogP contribution in [0.15, 0.2) is 29.4 Å². The van der Waals surface area contributed by atoms with E-state index < -0.39 is 17.5 Å². The third kappa shape index (κ3) is 2.41. The van der Waals surface area contributed by atoms with Crippen molar-refractivity contribution in [2.24, 2.45) is 5.73 Å². The summed E-state index contributed by atoms with van der Waals surface area (Å²) in [7, 11) is 0. The highest BCUT2D eigenvalue weighted by Crippen LogP contribution is 2.26. The van der Waals surface area contributed by atoms with Gasteiger partial charge in [0.05, 0.1) is 5.54 Å². The minimum Gasteiger partial charge on any atom is -0.318 e. The topological polar surface area (TPSA) is 38.9 Å². The largest absolute Gasteiger partial charge is 0.318 e. The molecule has 0 unspecified atom stereocenters. The molecule has 2 atom stereocenters. The number of alkyl halides is 1. The van der Waals surface area contributed by atoms with Crippen LogP contribution in [-0.2, 0) is 5.54 Å². The van der Waals surface area contributed by atoms with Gasteiger partial charge in [-0.15, -0.1) is 6.58 Å². The fraction of sp³-hybridized carbons (Fsp3) is 0.300. The first-order valence-electron chi connectivity index (χ1n) is 4.27. The van der Waals surface area contributed by atoms with Crippen molar-refractivity contribution in [2.75, 3.05) is 0 Å². The molecule has 5 heteroatoms. The van der Waals surface area contributed by atoms with Gasteiger partial charge in [-0.25, -0.2) is 13.8 Å². The molecule has 1 heterocycles. The van der Waals surface area contributed by atoms with Crippen LogP contribution in [0.3, 0.4) is 0 Å². The van der Waals surface area contributed by atoms with Crippen molar-refractivity contribution >= 4 is 15.9 Å². The fourth-order valence-corrected chi connectivity index (χ4v) is 1.48. The van der Waals surface area contributed by atoms with Crippen molar-refractivity contribution in [2.45, 2.75) is 18.6 Å². The van der Waals surface area contributed by atoms with Crippen molar-refractivity contribution in [3.8, 4) is 0 Å². The molecule has 2 N–H and O–H groups in total. The van der Waals surface area contributed by atoms with E-state index in [-0.39, 0.29) is 5.69 Å². The first-order chi connectivity index (χ1) is 6.89. The molecule has 0 aliphatic rings. The Balaban J connectivity index is 3.25. The fourth-order valence-electron chi connectivity index (χ4n) is 1.17. The molecular weight excluding hydrogens is 266 g/mol. The molecule has 15 heavy (non-hydrogen) atoms. The van der Waals surface area contributed by atoms with Gasteiger partial charge < -0.3 is 5.73 Å². The molecule has 0 spiro atoms. The van der Waals surface area contributed by atoms with E-state index in [1.54, 1.807) is 0 Å². The number of hydrogen-bond acceptors (Lipinski definition) is 2. The summed E-state index contributed by atoms with van der Waals surface area (Å²) in [5.74, 6) is -0.632. The first-order valence-corrected chi connectivity index (χ1v) is 5.07. The molecule has 0 bridgehead atoms. The summed E-state index contributed by atoms with van der Waals surface area (Å²) < 4.78 is 27.2. The molecular formula is C10H11BrF2N2. The number of rotatable bonds is 3. The molecule has 0 saturated carbocycles. The quantitative estimate of drug-likeness (QED) is 0.681. The highest BCUT2D eigenvalue weighted by molar-refractivity contribution is 9.10. The second kappa shape index (κ2) is 4.37. The summed E-state index contributed by atoms with van der Waals surface area (Å²) in [5, 5.41) is 0. The van der Waals surface area contributed by atoms with E-state index in [4.69, 9.17) is 5.73 Å². The van der Waals surface area contributed by atoms with Crippen LogP contribution in [-0.4, -0.2) is 11.2 Å². The van der Waals surface area contributed by atoms with Crippen LogP contribution in [0.4, 0.5) is 8.78 Å². The monoisotopic (exact) mass is 276 g/mol. The second-order valence-corrected chi connectivity index (χ2v) is 4.20. The Kier molecular flexibility index (Phi) is 3.57. The van der Waals surface area contributed by atoms with Gasteiger partial charge in [0.1, 0.15) is 22.3 Å². The average Bonchev–Trinajstić information content (AvgIpc) is 2.20. The summed E-state index contributed by atoms with van der Waals surface area (Å²) in [6, 6.07) is 2.61. The molecule has 0 aliphatic carbocycles. The molecule has 0 amide bonds. The molecule has 1 aromatic rings. The standard InChI is InChI=1S/C10H11BrF2N2/c1-3-7(13)10(2,14)9-6(12)4-5-8(11)15-9/h3-5,7H,1,14H2,2H3/t7-,10-/m0/s1. The maximum absolute atomic E-state index is 13.4. The number of hydrogen-bond donors (Lipinski definition) is 1. The van der Waals surface area contributed by atoms with Crippen molar-refractivity contribution in [3.63, 3.8) is 0 Å². The van der Waals surface area contributed by atoms with Gasteiger partial charge >= 0.3 is 0 Å². The van der Waals surface area contributed by atoms with Crippen LogP contribution in [0.1, 0.15) is 12.6 Å². The molecule has 2 nitrogen and oxygen atoms in total. The van der Waals surface area contributed by atoms with E-state index in [1.807, 2.05) is 0 Å². The Labute approximate surface area is 95.3 Å². The van der Waals surface area contributed by atoms with Crippen LogP contribution in [0, 0.1) is 5.82 Å². The molecule has 0 fully saturated rings. The molecule has 1 aromatic heterocycles. The predicted molar refractivity (Wildman–Crippen MR) is 58.5 cm³/mol. The molecule has 0 radical (unpaired) electrons. The van der Waals surface area contributed by atoms with Gasteiger partial charge in [-0.2, -0.15) is 0 Å². The lowest BCUT2D eigenvalue weighted by Crippen LogP contribution is -2.43. The second-order valence-electron chi connectivity index (χ2n) is 3.38. The van der Waals surface area contributed by atoms with Gasteiger partial charge in [0.15, 0.2) is 0 Å². The van der Waals surface area contributed by atoms with E-state index in [0.29, 0.717) is 4.60 Å². The number of nitrogens with zero attached hydrogens (tertiary/aromatic N) is 1. The predicted octanol–water partition coefficient (Wildman–Crippen LogP) is 2.68. The van der Waals surface area contributed by atoms with Crippen molar-refractivity contribution in [1.29, 1.82) is 0 Å². The van der Waals surface area contributed by atoms with Crippen LogP contribution in [0.25, 0.3) is 0 Å². The minimum absolute atomic E-state index is 0.121. The van der Waals surface area contributed by atoms with Crippen LogP contribution < -0.4 is 5.73 Å². The maximum atomic E-state index is 13.4. The SMILES string of the molecule is C=C[C@H](F)[C@](C)(N)c1nc(Br)ccc1F. The highest BCUT2D eigenvalue weighted by atomic mass is 79.9. The minimum atomic E-state index is -1.56. The zero-order valence-electron chi connectivity index (χ0n) is 8.17. The smallest absolute Gasteiger partial charge is 0.146 e. The van der Waals surface area contributed by atoms with Crippen molar-refractivity contribution in [3.05, 3.63) is 40.9 Å². The van der Waals surface area contributed by atoms with Gasteiger partial charge in [0.25, 0.3) is 0 Å². The van der Waals surface area contributed by atoms with Gasteiger partial charge in [0, 0.05) is 0 Å². The van der Waals surface area contributed by atoms with Gasteiger partial charge in [-0.3, -0.25) is 0 Å². The highest BCUT2D eigenvalue weighted by Gasteiger charge is 2.34. The van der Waals surface area contributed by atoms with E-state index in [0.717, 1.165) is 6.08 Å². The summed E-state index contributed by atoms with van der Waals surface area (Å²) >= 11 is 3.08. The summed E-state index contributed by atoms with van der Waals surface area (Å²) in [6.07, 6.45) is -0.532. The summed E-state index contributed by atoms with van der Waals surface area (Å²) in [4.78, 5) is 3.84. The Morgan fingerprint density at radius 3 is 2.80 bits per heavy atom. The van der Waals surface area contributed by atoms with E-state index >= 15 is 0 Å². The molecule has 82 valence electrons.